The van der Waals surface area contributed by atoms with Gasteiger partial charge in [-0.1, -0.05) is 6.92 Å². The first kappa shape index (κ1) is 12.3. The third kappa shape index (κ3) is 1.11. The van der Waals surface area contributed by atoms with Gasteiger partial charge in [0.25, 0.3) is 0 Å². The number of nitrogens with zero attached hydrogens (tertiary/aromatic N) is 1. The van der Waals surface area contributed by atoms with Gasteiger partial charge < -0.3 is 4.74 Å². The quantitative estimate of drug-likeness (QED) is 0.643. The molecule has 2 rings (SSSR count). The fourth-order valence-electron chi connectivity index (χ4n) is 3.63. The molecule has 5 atom stereocenters. The molecular formula is C13H17NO3. The van der Waals surface area contributed by atoms with Crippen molar-refractivity contribution in [1.29, 1.82) is 5.26 Å². The van der Waals surface area contributed by atoms with E-state index >= 15 is 0 Å². The topological polar surface area (TPSA) is 67.2 Å². The predicted octanol–water partition coefficient (Wildman–Crippen LogP) is 1.35. The van der Waals surface area contributed by atoms with Crippen molar-refractivity contribution >= 4 is 11.6 Å². The highest BCUT2D eigenvalue weighted by Crippen LogP contribution is 2.63. The molecule has 0 aliphatic heterocycles. The lowest BCUT2D eigenvalue weighted by molar-refractivity contribution is -0.220. The fraction of sp³-hybridized carbons (Fsp3) is 0.769. The Morgan fingerprint density at radius 1 is 1.35 bits per heavy atom. The highest BCUT2D eigenvalue weighted by Gasteiger charge is 2.73. The Balaban J connectivity index is 2.53. The highest BCUT2D eigenvalue weighted by atomic mass is 16.5. The molecule has 4 heteroatoms. The zero-order chi connectivity index (χ0) is 13.0. The van der Waals surface area contributed by atoms with Gasteiger partial charge in [0.05, 0.1) is 17.6 Å². The number of nitriles is 1. The lowest BCUT2D eigenvalue weighted by Crippen LogP contribution is -2.72. The Kier molecular flexibility index (Phi) is 2.45. The van der Waals surface area contributed by atoms with E-state index in [1.165, 1.54) is 7.11 Å². The molecule has 2 aliphatic rings. The molecule has 0 aromatic rings. The van der Waals surface area contributed by atoms with Crippen LogP contribution in [0, 0.1) is 34.5 Å². The molecule has 2 aliphatic carbocycles. The summed E-state index contributed by atoms with van der Waals surface area (Å²) in [5.41, 5.74) is -1.65. The number of hydrogen-bond acceptors (Lipinski definition) is 4. The molecule has 0 radical (unpaired) electrons. The van der Waals surface area contributed by atoms with E-state index in [1.54, 1.807) is 13.8 Å². The first-order chi connectivity index (χ1) is 7.85. The average Bonchev–Trinajstić information content (AvgIpc) is 2.32. The van der Waals surface area contributed by atoms with Gasteiger partial charge in [0.15, 0.2) is 0 Å². The summed E-state index contributed by atoms with van der Waals surface area (Å²) in [6, 6.07) is 2.22. The standard InChI is InChI=1S/C13H17NO3/c1-7-10(15)8(2)13(6-14)9(11(7)16)5-12(13,3)17-4/h7-9H,5H2,1-4H3/t7?,8?,9-,12-,13-/m0/s1. The van der Waals surface area contributed by atoms with Gasteiger partial charge in [-0.3, -0.25) is 9.59 Å². The van der Waals surface area contributed by atoms with E-state index in [2.05, 4.69) is 6.07 Å². The molecule has 2 saturated carbocycles. The average molecular weight is 235 g/mol. The summed E-state index contributed by atoms with van der Waals surface area (Å²) < 4.78 is 5.41. The van der Waals surface area contributed by atoms with Crippen molar-refractivity contribution in [2.24, 2.45) is 23.2 Å². The van der Waals surface area contributed by atoms with Crippen molar-refractivity contribution in [2.45, 2.75) is 32.8 Å². The second kappa shape index (κ2) is 3.39. The van der Waals surface area contributed by atoms with Crippen LogP contribution in [0.15, 0.2) is 0 Å². The number of Topliss-reactive ketones (excluding diaryl/α,β-unsaturated/α-hetero) is 2. The van der Waals surface area contributed by atoms with Crippen LogP contribution < -0.4 is 0 Å². The number of rotatable bonds is 1. The summed E-state index contributed by atoms with van der Waals surface area (Å²) in [6.07, 6.45) is 0.540. The third-order valence-corrected chi connectivity index (χ3v) is 4.96. The van der Waals surface area contributed by atoms with E-state index in [9.17, 15) is 14.9 Å². The fourth-order valence-corrected chi connectivity index (χ4v) is 3.63. The van der Waals surface area contributed by atoms with Crippen LogP contribution in [-0.2, 0) is 14.3 Å². The zero-order valence-corrected chi connectivity index (χ0v) is 10.6. The lowest BCUT2D eigenvalue weighted by atomic mass is 9.41. The number of carbonyl (C=O) groups excluding carboxylic acids is 2. The van der Waals surface area contributed by atoms with E-state index in [0.29, 0.717) is 6.42 Å². The van der Waals surface area contributed by atoms with Crippen molar-refractivity contribution in [1.82, 2.24) is 0 Å². The molecule has 92 valence electrons. The van der Waals surface area contributed by atoms with Gasteiger partial charge in [0, 0.05) is 18.9 Å². The molecule has 0 heterocycles. The number of hydrogen-bond donors (Lipinski definition) is 0. The Hall–Kier alpha value is -1.21. The lowest BCUT2D eigenvalue weighted by Gasteiger charge is -2.62. The van der Waals surface area contributed by atoms with Crippen LogP contribution in [0.1, 0.15) is 27.2 Å². The van der Waals surface area contributed by atoms with Crippen LogP contribution in [0.25, 0.3) is 0 Å². The summed E-state index contributed by atoms with van der Waals surface area (Å²) in [7, 11) is 1.54. The maximum Gasteiger partial charge on any atom is 0.147 e. The number of methoxy groups -OCH3 is 1. The summed E-state index contributed by atoms with van der Waals surface area (Å²) >= 11 is 0. The van der Waals surface area contributed by atoms with Crippen LogP contribution in [-0.4, -0.2) is 24.3 Å². The molecule has 0 aromatic carbocycles. The number of ether oxygens (including phenoxy) is 1. The van der Waals surface area contributed by atoms with Crippen LogP contribution in [0.5, 0.6) is 0 Å². The molecule has 17 heavy (non-hydrogen) atoms. The first-order valence-electron chi connectivity index (χ1n) is 5.89. The highest BCUT2D eigenvalue weighted by molar-refractivity contribution is 6.08. The molecule has 2 fully saturated rings. The van der Waals surface area contributed by atoms with Crippen LogP contribution in [0.3, 0.4) is 0 Å². The van der Waals surface area contributed by atoms with Crippen LogP contribution in [0.4, 0.5) is 0 Å². The SMILES string of the molecule is CO[C@@]1(C)C[C@H]2C(=O)C(C)C(=O)C(C)[C@@]21C#N. The van der Waals surface area contributed by atoms with Gasteiger partial charge in [-0.05, 0) is 20.3 Å². The molecule has 0 spiro atoms. The van der Waals surface area contributed by atoms with E-state index in [0.717, 1.165) is 0 Å². The number of ketones is 2. The van der Waals surface area contributed by atoms with Crippen LogP contribution in [0.2, 0.25) is 0 Å². The molecule has 0 amide bonds. The second-order valence-electron chi connectivity index (χ2n) is 5.42. The molecule has 2 unspecified atom stereocenters. The third-order valence-electron chi connectivity index (χ3n) is 4.96. The minimum Gasteiger partial charge on any atom is -0.377 e. The van der Waals surface area contributed by atoms with E-state index in [1.807, 2.05) is 6.92 Å². The molecule has 0 bridgehead atoms. The van der Waals surface area contributed by atoms with Gasteiger partial charge in [0.2, 0.25) is 0 Å². The first-order valence-corrected chi connectivity index (χ1v) is 5.89. The summed E-state index contributed by atoms with van der Waals surface area (Å²) in [5.74, 6) is -1.58. The van der Waals surface area contributed by atoms with Crippen molar-refractivity contribution in [2.75, 3.05) is 7.11 Å². The maximum absolute atomic E-state index is 12.1. The Morgan fingerprint density at radius 2 is 1.94 bits per heavy atom. The summed E-state index contributed by atoms with van der Waals surface area (Å²) in [5, 5.41) is 9.50. The molecule has 4 nitrogen and oxygen atoms in total. The second-order valence-corrected chi connectivity index (χ2v) is 5.42. The van der Waals surface area contributed by atoms with Crippen molar-refractivity contribution in [3.8, 4) is 6.07 Å². The Labute approximate surface area is 101 Å². The smallest absolute Gasteiger partial charge is 0.147 e. The monoisotopic (exact) mass is 235 g/mol. The Morgan fingerprint density at radius 3 is 2.41 bits per heavy atom. The minimum atomic E-state index is -0.970. The summed E-state index contributed by atoms with van der Waals surface area (Å²) in [6.45, 7) is 5.21. The van der Waals surface area contributed by atoms with Crippen molar-refractivity contribution in [3.63, 3.8) is 0 Å². The molecule has 0 aromatic heterocycles. The minimum absolute atomic E-state index is 0.0934. The van der Waals surface area contributed by atoms with E-state index in [4.69, 9.17) is 4.74 Å². The van der Waals surface area contributed by atoms with Crippen LogP contribution >= 0.6 is 0 Å². The van der Waals surface area contributed by atoms with Gasteiger partial charge >= 0.3 is 0 Å². The van der Waals surface area contributed by atoms with E-state index < -0.39 is 22.9 Å². The number of fused-ring (bicyclic) bond motifs is 1. The molecular weight excluding hydrogens is 218 g/mol. The maximum atomic E-state index is 12.1. The zero-order valence-electron chi connectivity index (χ0n) is 10.6. The van der Waals surface area contributed by atoms with Gasteiger partial charge in [-0.2, -0.15) is 5.26 Å². The van der Waals surface area contributed by atoms with Gasteiger partial charge in [-0.15, -0.1) is 0 Å². The van der Waals surface area contributed by atoms with Gasteiger partial charge in [0.1, 0.15) is 17.0 Å². The Bertz CT molecular complexity index is 418. The van der Waals surface area contributed by atoms with Gasteiger partial charge in [-0.25, -0.2) is 0 Å². The summed E-state index contributed by atoms with van der Waals surface area (Å²) in [4.78, 5) is 24.1. The normalized spacial score (nSPS) is 49.2. The molecule has 0 N–H and O–H groups in total. The number of carbonyl (C=O) groups is 2. The van der Waals surface area contributed by atoms with E-state index in [-0.39, 0.29) is 17.5 Å². The van der Waals surface area contributed by atoms with Crippen molar-refractivity contribution < 1.29 is 14.3 Å². The molecule has 0 saturated heterocycles. The predicted molar refractivity (Wildman–Crippen MR) is 59.9 cm³/mol. The van der Waals surface area contributed by atoms with Crippen molar-refractivity contribution in [3.05, 3.63) is 0 Å². The largest absolute Gasteiger partial charge is 0.377 e.